The average molecular weight is 412 g/mol. The number of halogens is 1. The number of unbranched alkanes of at least 4 members (excludes halogenated alkanes) is 1. The second-order valence-corrected chi connectivity index (χ2v) is 9.12. The smallest absolute Gasteiger partial charge is 0.410 e. The number of hydrogen-bond donors (Lipinski definition) is 1. The Hall–Kier alpha value is -1.30. The van der Waals surface area contributed by atoms with Crippen LogP contribution in [0.2, 0.25) is 5.02 Å². The van der Waals surface area contributed by atoms with Crippen molar-refractivity contribution in [3.63, 3.8) is 0 Å². The van der Waals surface area contributed by atoms with Crippen LogP contribution in [0.25, 0.3) is 0 Å². The van der Waals surface area contributed by atoms with Gasteiger partial charge in [-0.15, -0.1) is 0 Å². The highest BCUT2D eigenvalue weighted by Gasteiger charge is 2.30. The number of aliphatic hydroxyl groups is 1. The van der Waals surface area contributed by atoms with Crippen LogP contribution in [0.3, 0.4) is 0 Å². The molecule has 1 saturated heterocycles. The van der Waals surface area contributed by atoms with Crippen molar-refractivity contribution in [2.24, 2.45) is 5.92 Å². The molecule has 0 radical (unpaired) electrons. The highest BCUT2D eigenvalue weighted by molar-refractivity contribution is 6.30. The summed E-state index contributed by atoms with van der Waals surface area (Å²) in [7, 11) is 1.51. The molecular formula is C22H34ClNO4. The first kappa shape index (κ1) is 23.0. The number of ether oxygens (including phenoxy) is 2. The molecule has 158 valence electrons. The molecule has 2 atom stereocenters. The predicted octanol–water partition coefficient (Wildman–Crippen LogP) is 5.34. The Morgan fingerprint density at radius 2 is 2.07 bits per heavy atom. The molecule has 1 aromatic rings. The molecule has 0 bridgehead atoms. The molecule has 1 N–H and O–H groups in total. The minimum atomic E-state index is -1.32. The monoisotopic (exact) mass is 411 g/mol. The fraction of sp³-hybridized carbons (Fsp3) is 0.682. The number of carbonyl (C=O) groups is 1. The molecule has 1 fully saturated rings. The second kappa shape index (κ2) is 9.95. The predicted molar refractivity (Wildman–Crippen MR) is 111 cm³/mol. The van der Waals surface area contributed by atoms with E-state index in [4.69, 9.17) is 21.1 Å². The molecule has 6 heteroatoms. The van der Waals surface area contributed by atoms with Crippen LogP contribution in [-0.2, 0) is 15.3 Å². The van der Waals surface area contributed by atoms with E-state index in [1.54, 1.807) is 12.1 Å². The summed E-state index contributed by atoms with van der Waals surface area (Å²) in [5.41, 5.74) is 0.214. The quantitative estimate of drug-likeness (QED) is 0.486. The Balaban J connectivity index is 1.80. The molecule has 0 spiro atoms. The standard InChI is InChI=1S/C22H34ClNO4/c1-21(2,3)28-20(25)24-14-8-10-17(16-24)9-5-6-13-22(26,27-4)18-11-7-12-19(23)15-18/h7,11-12,15,17,26H,5-6,8-10,13-14,16H2,1-4H3. The van der Waals surface area contributed by atoms with Gasteiger partial charge in [-0.3, -0.25) is 0 Å². The number of methoxy groups -OCH3 is 1. The SMILES string of the molecule is COC(O)(CCCCC1CCCN(C(=O)OC(C)(C)C)C1)c1cccc(Cl)c1. The van der Waals surface area contributed by atoms with E-state index in [2.05, 4.69) is 0 Å². The Morgan fingerprint density at radius 3 is 2.71 bits per heavy atom. The van der Waals surface area contributed by atoms with Gasteiger partial charge in [0.15, 0.2) is 5.79 Å². The third kappa shape index (κ3) is 6.94. The summed E-state index contributed by atoms with van der Waals surface area (Å²) in [5, 5.41) is 11.4. The molecule has 0 saturated carbocycles. The summed E-state index contributed by atoms with van der Waals surface area (Å²) < 4.78 is 10.9. The maximum Gasteiger partial charge on any atom is 0.410 e. The first-order chi connectivity index (χ1) is 13.1. The zero-order valence-corrected chi connectivity index (χ0v) is 18.3. The van der Waals surface area contributed by atoms with E-state index in [0.29, 0.717) is 22.9 Å². The number of rotatable bonds is 7. The van der Waals surface area contributed by atoms with Crippen molar-refractivity contribution in [2.75, 3.05) is 20.2 Å². The Bertz CT molecular complexity index is 646. The second-order valence-electron chi connectivity index (χ2n) is 8.68. The van der Waals surface area contributed by atoms with E-state index < -0.39 is 11.4 Å². The van der Waals surface area contributed by atoms with Crippen molar-refractivity contribution in [2.45, 2.75) is 70.7 Å². The minimum Gasteiger partial charge on any atom is -0.444 e. The van der Waals surface area contributed by atoms with Crippen LogP contribution in [0.5, 0.6) is 0 Å². The van der Waals surface area contributed by atoms with Gasteiger partial charge in [-0.25, -0.2) is 4.79 Å². The first-order valence-corrected chi connectivity index (χ1v) is 10.5. The van der Waals surface area contributed by atoms with E-state index in [-0.39, 0.29) is 6.09 Å². The molecular weight excluding hydrogens is 378 g/mol. The lowest BCUT2D eigenvalue weighted by molar-refractivity contribution is -0.199. The molecule has 2 rings (SSSR count). The number of hydrogen-bond acceptors (Lipinski definition) is 4. The molecule has 1 aliphatic rings. The molecule has 28 heavy (non-hydrogen) atoms. The fourth-order valence-corrected chi connectivity index (χ4v) is 3.88. The maximum absolute atomic E-state index is 12.3. The molecule has 2 unspecified atom stereocenters. The van der Waals surface area contributed by atoms with Gasteiger partial charge < -0.3 is 19.5 Å². The molecule has 1 amide bonds. The normalized spacial score (nSPS) is 19.9. The van der Waals surface area contributed by atoms with Crippen LogP contribution >= 0.6 is 11.6 Å². The summed E-state index contributed by atoms with van der Waals surface area (Å²) in [6.07, 6.45) is 5.25. The van der Waals surface area contributed by atoms with Gasteiger partial charge in [0.2, 0.25) is 0 Å². The zero-order valence-electron chi connectivity index (χ0n) is 17.5. The van der Waals surface area contributed by atoms with Crippen LogP contribution < -0.4 is 0 Å². The van der Waals surface area contributed by atoms with Crippen LogP contribution in [-0.4, -0.2) is 41.9 Å². The van der Waals surface area contributed by atoms with Crippen LogP contribution in [0.15, 0.2) is 24.3 Å². The lowest BCUT2D eigenvalue weighted by Gasteiger charge is -2.34. The van der Waals surface area contributed by atoms with Crippen LogP contribution in [0.1, 0.15) is 64.9 Å². The largest absolute Gasteiger partial charge is 0.444 e. The van der Waals surface area contributed by atoms with Crippen molar-refractivity contribution < 1.29 is 19.4 Å². The van der Waals surface area contributed by atoms with Gasteiger partial charge in [0.25, 0.3) is 0 Å². The van der Waals surface area contributed by atoms with E-state index in [0.717, 1.165) is 45.2 Å². The molecule has 1 aliphatic heterocycles. The van der Waals surface area contributed by atoms with E-state index in [1.807, 2.05) is 37.8 Å². The third-order valence-electron chi connectivity index (χ3n) is 5.16. The van der Waals surface area contributed by atoms with Gasteiger partial charge in [0, 0.05) is 37.2 Å². The summed E-state index contributed by atoms with van der Waals surface area (Å²) in [6, 6.07) is 7.16. The van der Waals surface area contributed by atoms with Crippen molar-refractivity contribution in [3.05, 3.63) is 34.9 Å². The highest BCUT2D eigenvalue weighted by atomic mass is 35.5. The molecule has 0 aromatic heterocycles. The van der Waals surface area contributed by atoms with Crippen molar-refractivity contribution in [1.29, 1.82) is 0 Å². The number of nitrogens with zero attached hydrogens (tertiary/aromatic N) is 1. The van der Waals surface area contributed by atoms with Crippen molar-refractivity contribution in [3.8, 4) is 0 Å². The van der Waals surface area contributed by atoms with Gasteiger partial charge in [0.05, 0.1) is 0 Å². The lowest BCUT2D eigenvalue weighted by Crippen LogP contribution is -2.42. The highest BCUT2D eigenvalue weighted by Crippen LogP contribution is 2.31. The summed E-state index contributed by atoms with van der Waals surface area (Å²) in [6.45, 7) is 7.19. The number of carbonyl (C=O) groups excluding carboxylic acids is 1. The topological polar surface area (TPSA) is 59.0 Å². The fourth-order valence-electron chi connectivity index (χ4n) is 3.69. The third-order valence-corrected chi connectivity index (χ3v) is 5.40. The number of piperidine rings is 1. The van der Waals surface area contributed by atoms with Gasteiger partial charge in [-0.05, 0) is 64.5 Å². The van der Waals surface area contributed by atoms with E-state index in [9.17, 15) is 9.90 Å². The van der Waals surface area contributed by atoms with Gasteiger partial charge >= 0.3 is 6.09 Å². The average Bonchev–Trinajstić information content (AvgIpc) is 2.64. The first-order valence-electron chi connectivity index (χ1n) is 10.1. The zero-order chi connectivity index (χ0) is 20.8. The van der Waals surface area contributed by atoms with E-state index in [1.165, 1.54) is 7.11 Å². The Morgan fingerprint density at radius 1 is 1.32 bits per heavy atom. The molecule has 1 heterocycles. The van der Waals surface area contributed by atoms with Gasteiger partial charge in [0.1, 0.15) is 5.60 Å². The number of benzene rings is 1. The summed E-state index contributed by atoms with van der Waals surface area (Å²) in [5.74, 6) is -0.844. The summed E-state index contributed by atoms with van der Waals surface area (Å²) >= 11 is 6.04. The molecule has 5 nitrogen and oxygen atoms in total. The van der Waals surface area contributed by atoms with Crippen molar-refractivity contribution >= 4 is 17.7 Å². The maximum atomic E-state index is 12.3. The van der Waals surface area contributed by atoms with Crippen LogP contribution in [0.4, 0.5) is 4.79 Å². The van der Waals surface area contributed by atoms with Crippen molar-refractivity contribution in [1.82, 2.24) is 4.90 Å². The lowest BCUT2D eigenvalue weighted by atomic mass is 9.91. The van der Waals surface area contributed by atoms with Gasteiger partial charge in [-0.1, -0.05) is 30.2 Å². The minimum absolute atomic E-state index is 0.216. The molecule has 1 aromatic carbocycles. The Kier molecular flexibility index (Phi) is 8.17. The number of amides is 1. The van der Waals surface area contributed by atoms with E-state index >= 15 is 0 Å². The van der Waals surface area contributed by atoms with Gasteiger partial charge in [-0.2, -0.15) is 0 Å². The molecule has 0 aliphatic carbocycles. The Labute approximate surface area is 174 Å². The van der Waals surface area contributed by atoms with Crippen LogP contribution in [0, 0.1) is 5.92 Å². The number of likely N-dealkylation sites (tertiary alicyclic amines) is 1. The summed E-state index contributed by atoms with van der Waals surface area (Å²) in [4.78, 5) is 14.1.